The van der Waals surface area contributed by atoms with Gasteiger partial charge in [0.1, 0.15) is 0 Å². The topological polar surface area (TPSA) is 119 Å². The molecule has 0 spiro atoms. The molecule has 1 aromatic carbocycles. The van der Waals surface area contributed by atoms with E-state index in [1.165, 1.54) is 34.0 Å². The number of hydrogen-bond donors (Lipinski definition) is 1. The van der Waals surface area contributed by atoms with E-state index < -0.39 is 0 Å². The van der Waals surface area contributed by atoms with Gasteiger partial charge in [-0.2, -0.15) is 0 Å². The van der Waals surface area contributed by atoms with Crippen LogP contribution in [0, 0.1) is 0 Å². The molecule has 31 heavy (non-hydrogen) atoms. The number of para-hydroxylation sites is 1. The molecule has 1 N–H and O–H groups in total. The number of carbonyl (C=O) groups is 2. The molecule has 0 aliphatic carbocycles. The molecule has 0 saturated carbocycles. The minimum Gasteiger partial charge on any atom is -0.378 e. The highest BCUT2D eigenvalue weighted by molar-refractivity contribution is 8.01. The molecular formula is C19H20N6O4S2. The van der Waals surface area contributed by atoms with Crippen molar-refractivity contribution in [1.82, 2.24) is 24.6 Å². The van der Waals surface area contributed by atoms with Gasteiger partial charge in [0.05, 0.1) is 36.2 Å². The lowest BCUT2D eigenvalue weighted by molar-refractivity contribution is -0.132. The number of aromatic nitrogens is 4. The normalized spacial score (nSPS) is 14.0. The summed E-state index contributed by atoms with van der Waals surface area (Å²) >= 11 is 2.50. The molecule has 4 rings (SSSR count). The Kier molecular flexibility index (Phi) is 6.89. The number of nitrogens with one attached hydrogen (secondary N) is 1. The molecule has 3 heterocycles. The van der Waals surface area contributed by atoms with Crippen molar-refractivity contribution in [2.45, 2.75) is 17.3 Å². The highest BCUT2D eigenvalue weighted by atomic mass is 32.2. The van der Waals surface area contributed by atoms with E-state index in [0.717, 1.165) is 0 Å². The van der Waals surface area contributed by atoms with Crippen LogP contribution in [0.1, 0.15) is 6.42 Å². The van der Waals surface area contributed by atoms with Gasteiger partial charge < -0.3 is 15.0 Å². The van der Waals surface area contributed by atoms with Gasteiger partial charge in [-0.05, 0) is 12.1 Å². The summed E-state index contributed by atoms with van der Waals surface area (Å²) in [4.78, 5) is 42.9. The van der Waals surface area contributed by atoms with E-state index >= 15 is 0 Å². The molecule has 1 saturated heterocycles. The van der Waals surface area contributed by atoms with Gasteiger partial charge in [0.15, 0.2) is 4.34 Å². The zero-order valence-corrected chi connectivity index (χ0v) is 18.2. The number of amides is 2. The Balaban J connectivity index is 1.27. The van der Waals surface area contributed by atoms with Crippen LogP contribution in [0.15, 0.2) is 39.7 Å². The van der Waals surface area contributed by atoms with Crippen LogP contribution in [-0.4, -0.2) is 68.5 Å². The Morgan fingerprint density at radius 2 is 2.00 bits per heavy atom. The monoisotopic (exact) mass is 460 g/mol. The summed E-state index contributed by atoms with van der Waals surface area (Å²) in [7, 11) is 0. The third-order valence-corrected chi connectivity index (χ3v) is 6.60. The van der Waals surface area contributed by atoms with E-state index in [9.17, 15) is 14.4 Å². The number of ether oxygens (including phenoxy) is 1. The second-order valence-corrected chi connectivity index (χ2v) is 8.91. The van der Waals surface area contributed by atoms with Crippen molar-refractivity contribution in [3.63, 3.8) is 0 Å². The smallest absolute Gasteiger partial charge is 0.261 e. The van der Waals surface area contributed by atoms with Crippen molar-refractivity contribution in [3.8, 4) is 0 Å². The SMILES string of the molecule is O=C(CCn1cnc2ccccc2c1=O)Nc1nnc(SCC(=O)N2CCOCC2)s1. The molecular weight excluding hydrogens is 440 g/mol. The Morgan fingerprint density at radius 3 is 2.84 bits per heavy atom. The van der Waals surface area contributed by atoms with Crippen LogP contribution in [0.4, 0.5) is 5.13 Å². The third kappa shape index (κ3) is 5.46. The van der Waals surface area contributed by atoms with Crippen molar-refractivity contribution in [2.24, 2.45) is 0 Å². The van der Waals surface area contributed by atoms with Crippen LogP contribution < -0.4 is 10.9 Å². The minimum atomic E-state index is -0.280. The summed E-state index contributed by atoms with van der Waals surface area (Å²) in [5, 5.41) is 11.5. The van der Waals surface area contributed by atoms with Gasteiger partial charge in [-0.25, -0.2) is 4.98 Å². The summed E-state index contributed by atoms with van der Waals surface area (Å²) < 4.78 is 7.26. The van der Waals surface area contributed by atoms with Gasteiger partial charge in [0.2, 0.25) is 16.9 Å². The lowest BCUT2D eigenvalue weighted by atomic mass is 10.2. The molecule has 0 unspecified atom stereocenters. The van der Waals surface area contributed by atoms with Crippen LogP contribution in [0.5, 0.6) is 0 Å². The van der Waals surface area contributed by atoms with E-state index in [-0.39, 0.29) is 36.1 Å². The number of benzene rings is 1. The summed E-state index contributed by atoms with van der Waals surface area (Å²) in [5.74, 6) is 0.0150. The van der Waals surface area contributed by atoms with Gasteiger partial charge in [0, 0.05) is 26.1 Å². The van der Waals surface area contributed by atoms with Crippen LogP contribution >= 0.6 is 23.1 Å². The first kappa shape index (κ1) is 21.4. The fourth-order valence-electron chi connectivity index (χ4n) is 3.02. The molecule has 1 fully saturated rings. The van der Waals surface area contributed by atoms with Crippen molar-refractivity contribution >= 4 is 50.9 Å². The number of morpholine rings is 1. The Labute approximate surface area is 185 Å². The average Bonchev–Trinajstić information content (AvgIpc) is 3.25. The predicted molar refractivity (Wildman–Crippen MR) is 117 cm³/mol. The van der Waals surface area contributed by atoms with E-state index in [2.05, 4.69) is 20.5 Å². The molecule has 162 valence electrons. The zero-order chi connectivity index (χ0) is 21.6. The maximum atomic E-state index is 12.5. The van der Waals surface area contributed by atoms with Gasteiger partial charge in [0.25, 0.3) is 5.56 Å². The zero-order valence-electron chi connectivity index (χ0n) is 16.5. The number of aryl methyl sites for hydroxylation is 1. The van der Waals surface area contributed by atoms with Crippen molar-refractivity contribution < 1.29 is 14.3 Å². The largest absolute Gasteiger partial charge is 0.378 e. The maximum Gasteiger partial charge on any atom is 0.261 e. The minimum absolute atomic E-state index is 0.0310. The van der Waals surface area contributed by atoms with Gasteiger partial charge in [-0.1, -0.05) is 35.2 Å². The first-order valence-corrected chi connectivity index (χ1v) is 11.5. The first-order chi connectivity index (χ1) is 15.1. The second-order valence-electron chi connectivity index (χ2n) is 6.71. The van der Waals surface area contributed by atoms with E-state index in [1.807, 2.05) is 6.07 Å². The van der Waals surface area contributed by atoms with Crippen molar-refractivity contribution in [3.05, 3.63) is 40.9 Å². The number of anilines is 1. The predicted octanol–water partition coefficient (Wildman–Crippen LogP) is 1.23. The second kappa shape index (κ2) is 9.98. The fourth-order valence-corrected chi connectivity index (χ4v) is 4.69. The average molecular weight is 461 g/mol. The van der Waals surface area contributed by atoms with Gasteiger partial charge >= 0.3 is 0 Å². The number of carbonyl (C=O) groups excluding carboxylic acids is 2. The lowest BCUT2D eigenvalue weighted by Crippen LogP contribution is -2.41. The molecule has 2 aromatic heterocycles. The quantitative estimate of drug-likeness (QED) is 0.413. The molecule has 1 aliphatic heterocycles. The van der Waals surface area contributed by atoms with E-state index in [1.54, 1.807) is 23.1 Å². The van der Waals surface area contributed by atoms with E-state index in [0.29, 0.717) is 46.7 Å². The summed E-state index contributed by atoms with van der Waals surface area (Å²) in [5.41, 5.74) is 0.442. The summed E-state index contributed by atoms with van der Waals surface area (Å²) in [6.07, 6.45) is 1.54. The Morgan fingerprint density at radius 1 is 1.19 bits per heavy atom. The summed E-state index contributed by atoms with van der Waals surface area (Å²) in [6, 6.07) is 7.08. The van der Waals surface area contributed by atoms with E-state index in [4.69, 9.17) is 4.74 Å². The fraction of sp³-hybridized carbons (Fsp3) is 0.368. The van der Waals surface area contributed by atoms with Gasteiger partial charge in [-0.15, -0.1) is 10.2 Å². The molecule has 2 amide bonds. The molecule has 12 heteroatoms. The van der Waals surface area contributed by atoms with Gasteiger partial charge in [-0.3, -0.25) is 19.0 Å². The molecule has 0 bridgehead atoms. The number of fused-ring (bicyclic) bond motifs is 1. The van der Waals surface area contributed by atoms with Crippen LogP contribution in [0.25, 0.3) is 10.9 Å². The highest BCUT2D eigenvalue weighted by Gasteiger charge is 2.18. The highest BCUT2D eigenvalue weighted by Crippen LogP contribution is 2.25. The van der Waals surface area contributed by atoms with Crippen LogP contribution in [-0.2, 0) is 20.9 Å². The molecule has 3 aromatic rings. The number of nitrogens with zero attached hydrogens (tertiary/aromatic N) is 5. The summed E-state index contributed by atoms with van der Waals surface area (Å²) in [6.45, 7) is 2.54. The van der Waals surface area contributed by atoms with Crippen molar-refractivity contribution in [2.75, 3.05) is 37.4 Å². The first-order valence-electron chi connectivity index (χ1n) is 9.66. The number of thioether (sulfide) groups is 1. The third-order valence-electron chi connectivity index (χ3n) is 4.65. The Hall–Kier alpha value is -2.83. The molecule has 0 radical (unpaired) electrons. The van der Waals surface area contributed by atoms with Crippen LogP contribution in [0.2, 0.25) is 0 Å². The van der Waals surface area contributed by atoms with Crippen molar-refractivity contribution in [1.29, 1.82) is 0 Å². The standard InChI is InChI=1S/C19H20N6O4S2/c26-15(5-6-25-12-20-14-4-2-1-3-13(14)17(25)28)21-18-22-23-19(31-18)30-11-16(27)24-7-9-29-10-8-24/h1-4,12H,5-11H2,(H,21,22,26). The Bertz CT molecular complexity index is 1140. The number of hydrogen-bond acceptors (Lipinski definition) is 9. The molecule has 10 nitrogen and oxygen atoms in total. The molecule has 0 atom stereocenters. The maximum absolute atomic E-state index is 12.5. The number of rotatable bonds is 7. The van der Waals surface area contributed by atoms with Crippen LogP contribution in [0.3, 0.4) is 0 Å². The molecule has 1 aliphatic rings. The lowest BCUT2D eigenvalue weighted by Gasteiger charge is -2.26.